The number of likely N-dealkylation sites (tertiary alicyclic amines) is 1. The van der Waals surface area contributed by atoms with E-state index in [2.05, 4.69) is 25.7 Å². The number of hydrogen-bond donors (Lipinski definition) is 1. The van der Waals surface area contributed by atoms with Crippen LogP contribution in [0.3, 0.4) is 0 Å². The third kappa shape index (κ3) is 6.48. The monoisotopic (exact) mass is 524 g/mol. The lowest BCUT2D eigenvalue weighted by Crippen LogP contribution is -2.38. The van der Waals surface area contributed by atoms with E-state index in [9.17, 15) is 14.7 Å². The first-order valence-corrected chi connectivity index (χ1v) is 13.4. The molecule has 1 aliphatic heterocycles. The summed E-state index contributed by atoms with van der Waals surface area (Å²) in [5.74, 6) is 0.0541. The SMILES string of the molecule is CCCCCOc1ccc(C2/C(=C(\O)c3ccc(OC)c(OC)c3)C(=O)C(=O)N2CCN(CC)CC)cc1. The van der Waals surface area contributed by atoms with Gasteiger partial charge in [-0.1, -0.05) is 45.7 Å². The van der Waals surface area contributed by atoms with Gasteiger partial charge >= 0.3 is 0 Å². The molecule has 0 bridgehead atoms. The van der Waals surface area contributed by atoms with Crippen LogP contribution in [-0.4, -0.2) is 73.6 Å². The molecule has 3 rings (SSSR count). The number of Topliss-reactive ketones (excluding diaryl/α,β-unsaturated/α-hetero) is 1. The molecule has 1 unspecified atom stereocenters. The number of carbonyl (C=O) groups is 2. The fourth-order valence-electron chi connectivity index (χ4n) is 4.67. The van der Waals surface area contributed by atoms with Gasteiger partial charge in [-0.3, -0.25) is 9.59 Å². The van der Waals surface area contributed by atoms with Gasteiger partial charge in [-0.25, -0.2) is 0 Å². The van der Waals surface area contributed by atoms with Gasteiger partial charge in [-0.15, -0.1) is 0 Å². The average Bonchev–Trinajstić information content (AvgIpc) is 3.20. The molecule has 1 amide bonds. The number of unbranched alkanes of at least 4 members (excludes halogenated alkanes) is 2. The van der Waals surface area contributed by atoms with Crippen LogP contribution in [0.5, 0.6) is 17.2 Å². The second-order valence-electron chi connectivity index (χ2n) is 9.21. The highest BCUT2D eigenvalue weighted by Crippen LogP contribution is 2.41. The van der Waals surface area contributed by atoms with Crippen LogP contribution >= 0.6 is 0 Å². The lowest BCUT2D eigenvalue weighted by Gasteiger charge is -2.28. The Balaban J connectivity index is 2.03. The van der Waals surface area contributed by atoms with E-state index in [0.717, 1.165) is 43.7 Å². The lowest BCUT2D eigenvalue weighted by molar-refractivity contribution is -0.140. The molecule has 1 aliphatic rings. The van der Waals surface area contributed by atoms with E-state index in [4.69, 9.17) is 14.2 Å². The third-order valence-corrected chi connectivity index (χ3v) is 6.96. The maximum Gasteiger partial charge on any atom is 0.295 e. The van der Waals surface area contributed by atoms with Crippen molar-refractivity contribution in [3.8, 4) is 17.2 Å². The molecule has 0 aromatic heterocycles. The van der Waals surface area contributed by atoms with Crippen LogP contribution < -0.4 is 14.2 Å². The number of rotatable bonds is 14. The molecular weight excluding hydrogens is 484 g/mol. The normalized spacial score (nSPS) is 16.8. The van der Waals surface area contributed by atoms with Gasteiger partial charge in [0.25, 0.3) is 11.7 Å². The highest BCUT2D eigenvalue weighted by molar-refractivity contribution is 6.46. The summed E-state index contributed by atoms with van der Waals surface area (Å²) in [6.45, 7) is 9.54. The molecule has 0 spiro atoms. The summed E-state index contributed by atoms with van der Waals surface area (Å²) in [6.07, 6.45) is 3.21. The van der Waals surface area contributed by atoms with Gasteiger partial charge in [-0.05, 0) is 55.4 Å². The molecular formula is C30H40N2O6. The first kappa shape index (κ1) is 29.0. The Labute approximate surface area is 225 Å². The Hall–Kier alpha value is -3.52. The number of hydrogen-bond acceptors (Lipinski definition) is 7. The summed E-state index contributed by atoms with van der Waals surface area (Å²) in [5, 5.41) is 11.4. The molecule has 8 nitrogen and oxygen atoms in total. The van der Waals surface area contributed by atoms with E-state index in [1.165, 1.54) is 14.2 Å². The Bertz CT molecular complexity index is 1120. The lowest BCUT2D eigenvalue weighted by atomic mass is 9.95. The van der Waals surface area contributed by atoms with Gasteiger partial charge < -0.3 is 29.1 Å². The minimum Gasteiger partial charge on any atom is -0.507 e. The topological polar surface area (TPSA) is 88.5 Å². The van der Waals surface area contributed by atoms with Crippen LogP contribution in [0.2, 0.25) is 0 Å². The average molecular weight is 525 g/mol. The second kappa shape index (κ2) is 13.9. The zero-order valence-corrected chi connectivity index (χ0v) is 23.2. The molecule has 206 valence electrons. The molecule has 0 radical (unpaired) electrons. The summed E-state index contributed by atoms with van der Waals surface area (Å²) >= 11 is 0. The summed E-state index contributed by atoms with van der Waals surface area (Å²) in [7, 11) is 3.02. The van der Waals surface area contributed by atoms with Gasteiger partial charge in [0.15, 0.2) is 11.5 Å². The van der Waals surface area contributed by atoms with E-state index >= 15 is 0 Å². The maximum atomic E-state index is 13.3. The van der Waals surface area contributed by atoms with E-state index < -0.39 is 17.7 Å². The molecule has 2 aromatic carbocycles. The van der Waals surface area contributed by atoms with Gasteiger partial charge in [0.05, 0.1) is 32.4 Å². The summed E-state index contributed by atoms with van der Waals surface area (Å²) in [5.41, 5.74) is 1.15. The number of benzene rings is 2. The van der Waals surface area contributed by atoms with E-state index in [0.29, 0.717) is 36.8 Å². The van der Waals surface area contributed by atoms with Crippen LogP contribution in [0.1, 0.15) is 57.2 Å². The number of likely N-dealkylation sites (N-methyl/N-ethyl adjacent to an activating group) is 1. The van der Waals surface area contributed by atoms with Crippen molar-refractivity contribution < 1.29 is 28.9 Å². The fourth-order valence-corrected chi connectivity index (χ4v) is 4.67. The number of ketones is 1. The van der Waals surface area contributed by atoms with E-state index in [1.807, 2.05) is 24.3 Å². The van der Waals surface area contributed by atoms with Crippen molar-refractivity contribution in [2.75, 3.05) is 47.0 Å². The Morgan fingerprint density at radius 3 is 2.24 bits per heavy atom. The summed E-state index contributed by atoms with van der Waals surface area (Å²) < 4.78 is 16.5. The van der Waals surface area contributed by atoms with Crippen molar-refractivity contribution in [1.82, 2.24) is 9.80 Å². The van der Waals surface area contributed by atoms with Crippen LogP contribution in [0.4, 0.5) is 0 Å². The van der Waals surface area contributed by atoms with Crippen LogP contribution in [0.25, 0.3) is 5.76 Å². The molecule has 8 heteroatoms. The number of amides is 1. The van der Waals surface area contributed by atoms with Gasteiger partial charge in [0, 0.05) is 18.7 Å². The predicted molar refractivity (Wildman–Crippen MR) is 148 cm³/mol. The maximum absolute atomic E-state index is 13.3. The quantitative estimate of drug-likeness (QED) is 0.160. The minimum absolute atomic E-state index is 0.0541. The van der Waals surface area contributed by atoms with Crippen molar-refractivity contribution in [1.29, 1.82) is 0 Å². The standard InChI is InChI=1S/C30H40N2O6/c1-6-9-10-19-38-23-14-11-21(12-15-23)27-26(28(33)22-13-16-24(36-4)25(20-22)37-5)29(34)30(35)32(27)18-17-31(7-2)8-3/h11-16,20,27,33H,6-10,17-19H2,1-5H3/b28-26+. The van der Waals surface area contributed by atoms with E-state index in [-0.39, 0.29) is 11.3 Å². The summed E-state index contributed by atoms with van der Waals surface area (Å²) in [4.78, 5) is 30.4. The summed E-state index contributed by atoms with van der Waals surface area (Å²) in [6, 6.07) is 11.6. The van der Waals surface area contributed by atoms with Crippen LogP contribution in [-0.2, 0) is 9.59 Å². The Morgan fingerprint density at radius 2 is 1.63 bits per heavy atom. The number of aliphatic hydroxyl groups is 1. The van der Waals surface area contributed by atoms with Crippen molar-refractivity contribution in [2.45, 2.75) is 46.1 Å². The molecule has 38 heavy (non-hydrogen) atoms. The highest BCUT2D eigenvalue weighted by atomic mass is 16.5. The fraction of sp³-hybridized carbons (Fsp3) is 0.467. The van der Waals surface area contributed by atoms with Gasteiger partial charge in [-0.2, -0.15) is 0 Å². The van der Waals surface area contributed by atoms with Crippen molar-refractivity contribution in [2.24, 2.45) is 0 Å². The molecule has 1 saturated heterocycles. The number of aliphatic hydroxyl groups excluding tert-OH is 1. The van der Waals surface area contributed by atoms with Gasteiger partial charge in [0.1, 0.15) is 11.5 Å². The Kier molecular flexibility index (Phi) is 10.6. The molecule has 0 saturated carbocycles. The van der Waals surface area contributed by atoms with Gasteiger partial charge in [0.2, 0.25) is 0 Å². The smallest absolute Gasteiger partial charge is 0.295 e. The third-order valence-electron chi connectivity index (χ3n) is 6.96. The van der Waals surface area contributed by atoms with E-state index in [1.54, 1.807) is 23.1 Å². The zero-order valence-electron chi connectivity index (χ0n) is 23.2. The van der Waals surface area contributed by atoms with Crippen LogP contribution in [0, 0.1) is 0 Å². The van der Waals surface area contributed by atoms with Crippen molar-refractivity contribution >= 4 is 17.4 Å². The predicted octanol–water partition coefficient (Wildman–Crippen LogP) is 5.04. The molecule has 1 atom stereocenters. The second-order valence-corrected chi connectivity index (χ2v) is 9.21. The largest absolute Gasteiger partial charge is 0.507 e. The first-order chi connectivity index (χ1) is 18.4. The Morgan fingerprint density at radius 1 is 0.947 bits per heavy atom. The van der Waals surface area contributed by atoms with Crippen LogP contribution in [0.15, 0.2) is 48.0 Å². The number of nitrogens with zero attached hydrogens (tertiary/aromatic N) is 2. The number of carbonyl (C=O) groups excluding carboxylic acids is 2. The zero-order chi connectivity index (χ0) is 27.7. The molecule has 1 N–H and O–H groups in total. The highest BCUT2D eigenvalue weighted by Gasteiger charge is 2.46. The first-order valence-electron chi connectivity index (χ1n) is 13.4. The van der Waals surface area contributed by atoms with Crippen molar-refractivity contribution in [3.05, 3.63) is 59.2 Å². The molecule has 0 aliphatic carbocycles. The minimum atomic E-state index is -0.729. The number of methoxy groups -OCH3 is 2. The molecule has 1 heterocycles. The molecule has 2 aromatic rings. The molecule has 1 fully saturated rings. The van der Waals surface area contributed by atoms with Crippen molar-refractivity contribution in [3.63, 3.8) is 0 Å². The number of ether oxygens (including phenoxy) is 3.